The van der Waals surface area contributed by atoms with E-state index < -0.39 is 23.8 Å². The van der Waals surface area contributed by atoms with Gasteiger partial charge in [0, 0.05) is 0 Å². The molecule has 78 valence electrons. The summed E-state index contributed by atoms with van der Waals surface area (Å²) in [5, 5.41) is 17.1. The number of aliphatic hydroxyl groups excluding tert-OH is 1. The summed E-state index contributed by atoms with van der Waals surface area (Å²) in [6.45, 7) is 0. The summed E-state index contributed by atoms with van der Waals surface area (Å²) in [6.07, 6.45) is -2.47. The van der Waals surface area contributed by atoms with Crippen LogP contribution in [-0.2, 0) is 4.79 Å². The Balaban J connectivity index is 2.95. The van der Waals surface area contributed by atoms with Gasteiger partial charge in [-0.1, -0.05) is 0 Å². The normalized spacial score (nSPS) is 14.0. The van der Waals surface area contributed by atoms with E-state index >= 15 is 0 Å². The molecule has 2 N–H and O–H groups in total. The third-order valence-corrected chi connectivity index (χ3v) is 2.07. The third-order valence-electron chi connectivity index (χ3n) is 1.49. The van der Waals surface area contributed by atoms with Crippen LogP contribution in [-0.4, -0.2) is 22.1 Å². The number of hydrogen-bond acceptors (Lipinski definition) is 3. The van der Waals surface area contributed by atoms with E-state index in [1.165, 1.54) is 6.07 Å². The van der Waals surface area contributed by atoms with Crippen LogP contribution in [0.15, 0.2) is 16.5 Å². The molecule has 0 aromatic carbocycles. The highest BCUT2D eigenvalue weighted by atomic mass is 127. The number of alkyl halides is 2. The maximum absolute atomic E-state index is 12.7. The van der Waals surface area contributed by atoms with Gasteiger partial charge in [-0.05, 0) is 34.7 Å². The number of carboxylic acids is 1. The molecule has 1 unspecified atom stereocenters. The van der Waals surface area contributed by atoms with Crippen LogP contribution in [0, 0.1) is 3.77 Å². The van der Waals surface area contributed by atoms with Crippen LogP contribution < -0.4 is 0 Å². The molecule has 0 aliphatic rings. The van der Waals surface area contributed by atoms with Crippen molar-refractivity contribution in [3.8, 4) is 0 Å². The second kappa shape index (κ2) is 3.81. The topological polar surface area (TPSA) is 70.7 Å². The van der Waals surface area contributed by atoms with Crippen LogP contribution >= 0.6 is 22.6 Å². The lowest BCUT2D eigenvalue weighted by molar-refractivity contribution is -0.184. The molecule has 1 heterocycles. The number of hydrogen-bond donors (Lipinski definition) is 2. The molecule has 1 aromatic heterocycles. The molecule has 0 amide bonds. The van der Waals surface area contributed by atoms with Crippen molar-refractivity contribution < 1.29 is 28.2 Å². The average molecular weight is 318 g/mol. The molecule has 7 heteroatoms. The lowest BCUT2D eigenvalue weighted by Crippen LogP contribution is -2.35. The van der Waals surface area contributed by atoms with Gasteiger partial charge in [-0.25, -0.2) is 4.79 Å². The molecule has 4 nitrogen and oxygen atoms in total. The summed E-state index contributed by atoms with van der Waals surface area (Å²) in [5.74, 6) is -7.11. The van der Waals surface area contributed by atoms with E-state index in [1.807, 2.05) is 0 Å². The number of carboxylic acid groups (broad SMARTS) is 1. The van der Waals surface area contributed by atoms with Gasteiger partial charge in [-0.15, -0.1) is 0 Å². The van der Waals surface area contributed by atoms with Crippen LogP contribution in [0.1, 0.15) is 11.9 Å². The molecule has 0 bridgehead atoms. The van der Waals surface area contributed by atoms with Gasteiger partial charge in [-0.3, -0.25) is 0 Å². The summed E-state index contributed by atoms with van der Waals surface area (Å²) >= 11 is 1.71. The number of rotatable bonds is 3. The smallest absolute Gasteiger partial charge is 0.377 e. The van der Waals surface area contributed by atoms with Gasteiger partial charge in [-0.2, -0.15) is 8.78 Å². The molecule has 0 aliphatic carbocycles. The van der Waals surface area contributed by atoms with Crippen molar-refractivity contribution in [2.75, 3.05) is 0 Å². The highest BCUT2D eigenvalue weighted by molar-refractivity contribution is 14.1. The number of aliphatic carboxylic acids is 1. The average Bonchev–Trinajstić information content (AvgIpc) is 2.50. The Kier molecular flexibility index (Phi) is 3.10. The van der Waals surface area contributed by atoms with Crippen LogP contribution in [0.25, 0.3) is 0 Å². The van der Waals surface area contributed by atoms with E-state index in [1.54, 1.807) is 22.6 Å². The van der Waals surface area contributed by atoms with Gasteiger partial charge < -0.3 is 14.6 Å². The second-order valence-electron chi connectivity index (χ2n) is 2.47. The summed E-state index contributed by atoms with van der Waals surface area (Å²) in [6, 6.07) is 2.44. The quantitative estimate of drug-likeness (QED) is 0.831. The Morgan fingerprint density at radius 3 is 2.50 bits per heavy atom. The molecule has 0 spiro atoms. The van der Waals surface area contributed by atoms with Gasteiger partial charge in [0.2, 0.25) is 0 Å². The predicted molar refractivity (Wildman–Crippen MR) is 49.0 cm³/mol. The van der Waals surface area contributed by atoms with E-state index in [-0.39, 0.29) is 3.77 Å². The van der Waals surface area contributed by atoms with Crippen LogP contribution in [0.5, 0.6) is 0 Å². The fourth-order valence-corrected chi connectivity index (χ4v) is 1.20. The van der Waals surface area contributed by atoms with E-state index in [4.69, 9.17) is 10.2 Å². The van der Waals surface area contributed by atoms with Crippen molar-refractivity contribution in [3.63, 3.8) is 0 Å². The van der Waals surface area contributed by atoms with Crippen molar-refractivity contribution in [2.45, 2.75) is 12.0 Å². The Bertz CT molecular complexity index is 349. The maximum Gasteiger partial charge on any atom is 0.377 e. The molecular weight excluding hydrogens is 313 g/mol. The molecule has 14 heavy (non-hydrogen) atoms. The lowest BCUT2D eigenvalue weighted by Gasteiger charge is -2.15. The first-order valence-corrected chi connectivity index (χ1v) is 4.48. The van der Waals surface area contributed by atoms with Crippen molar-refractivity contribution >= 4 is 28.6 Å². The predicted octanol–water partition coefficient (Wildman–Crippen LogP) is 1.64. The molecule has 1 aromatic rings. The molecule has 0 radical (unpaired) electrons. The van der Waals surface area contributed by atoms with Crippen molar-refractivity contribution in [1.82, 2.24) is 0 Å². The largest absolute Gasteiger partial charge is 0.477 e. The zero-order valence-electron chi connectivity index (χ0n) is 6.58. The standard InChI is InChI=1S/C7H5F2IO4/c8-7(9,6(12)13)5(11)3-1-2-4(10)14-3/h1-2,5,11H,(H,12,13). The first kappa shape index (κ1) is 11.4. The third kappa shape index (κ3) is 2.03. The van der Waals surface area contributed by atoms with Gasteiger partial charge in [0.15, 0.2) is 9.87 Å². The zero-order chi connectivity index (χ0) is 10.9. The molecule has 0 saturated carbocycles. The van der Waals surface area contributed by atoms with Crippen LogP contribution in [0.2, 0.25) is 0 Å². The minimum Gasteiger partial charge on any atom is -0.477 e. The van der Waals surface area contributed by atoms with E-state index in [2.05, 4.69) is 4.42 Å². The fraction of sp³-hybridized carbons (Fsp3) is 0.286. The zero-order valence-corrected chi connectivity index (χ0v) is 8.73. The van der Waals surface area contributed by atoms with Crippen molar-refractivity contribution in [3.05, 3.63) is 21.7 Å². The molecule has 1 atom stereocenters. The lowest BCUT2D eigenvalue weighted by atomic mass is 10.1. The molecule has 0 fully saturated rings. The summed E-state index contributed by atoms with van der Waals surface area (Å²) in [5.41, 5.74) is 0. The second-order valence-corrected chi connectivity index (χ2v) is 3.54. The number of furan rings is 1. The Labute approximate surface area is 90.7 Å². The van der Waals surface area contributed by atoms with Gasteiger partial charge >= 0.3 is 11.9 Å². The summed E-state index contributed by atoms with van der Waals surface area (Å²) in [4.78, 5) is 10.1. The molecule has 1 rings (SSSR count). The molecular formula is C7H5F2IO4. The summed E-state index contributed by atoms with van der Waals surface area (Å²) < 4.78 is 30.4. The van der Waals surface area contributed by atoms with E-state index in [9.17, 15) is 13.6 Å². The number of halogens is 3. The summed E-state index contributed by atoms with van der Waals surface area (Å²) in [7, 11) is 0. The van der Waals surface area contributed by atoms with E-state index in [0.29, 0.717) is 0 Å². The van der Waals surface area contributed by atoms with Gasteiger partial charge in [0.1, 0.15) is 5.76 Å². The fourth-order valence-electron chi connectivity index (χ4n) is 0.771. The number of aliphatic hydroxyl groups is 1. The first-order chi connectivity index (χ1) is 6.35. The SMILES string of the molecule is O=C(O)C(F)(F)C(O)c1ccc(I)o1. The number of carbonyl (C=O) groups is 1. The van der Waals surface area contributed by atoms with Crippen LogP contribution in [0.4, 0.5) is 8.78 Å². The van der Waals surface area contributed by atoms with Gasteiger partial charge in [0.05, 0.1) is 0 Å². The van der Waals surface area contributed by atoms with E-state index in [0.717, 1.165) is 6.07 Å². The Morgan fingerprint density at radius 2 is 2.14 bits per heavy atom. The minimum atomic E-state index is -4.25. The Hall–Kier alpha value is -0.700. The first-order valence-electron chi connectivity index (χ1n) is 3.40. The maximum atomic E-state index is 12.7. The van der Waals surface area contributed by atoms with Crippen molar-refractivity contribution in [1.29, 1.82) is 0 Å². The monoisotopic (exact) mass is 318 g/mol. The van der Waals surface area contributed by atoms with Crippen LogP contribution in [0.3, 0.4) is 0 Å². The highest BCUT2D eigenvalue weighted by Crippen LogP contribution is 2.32. The molecule has 0 aliphatic heterocycles. The molecule has 0 saturated heterocycles. The van der Waals surface area contributed by atoms with Crippen molar-refractivity contribution in [2.24, 2.45) is 0 Å². The van der Waals surface area contributed by atoms with Gasteiger partial charge in [0.25, 0.3) is 0 Å². The highest BCUT2D eigenvalue weighted by Gasteiger charge is 2.49. The Morgan fingerprint density at radius 1 is 1.57 bits per heavy atom. The minimum absolute atomic E-state index is 0.290.